The first-order valence-electron chi connectivity index (χ1n) is 8.58. The standard InChI is InChI=1S/C18H23N3O4/c1-23-18(22)14-3-2-4-15(11-14)24-12-16-20-17(25-21-16)6-5-13-7-9-19-10-8-13/h2-4,11,13,19H,5-10,12H2,1H3. The van der Waals surface area contributed by atoms with Gasteiger partial charge in [-0.1, -0.05) is 11.2 Å². The maximum Gasteiger partial charge on any atom is 0.337 e. The van der Waals surface area contributed by atoms with E-state index in [2.05, 4.69) is 15.5 Å². The molecule has 0 aliphatic carbocycles. The van der Waals surface area contributed by atoms with Crippen molar-refractivity contribution in [3.8, 4) is 5.75 Å². The van der Waals surface area contributed by atoms with E-state index < -0.39 is 5.97 Å². The topological polar surface area (TPSA) is 86.5 Å². The van der Waals surface area contributed by atoms with Crippen LogP contribution in [0.5, 0.6) is 5.75 Å². The Balaban J connectivity index is 1.49. The van der Waals surface area contributed by atoms with Gasteiger partial charge in [-0.05, 0) is 56.5 Å². The van der Waals surface area contributed by atoms with Crippen LogP contribution in [-0.4, -0.2) is 36.3 Å². The number of benzene rings is 1. The van der Waals surface area contributed by atoms with Crippen molar-refractivity contribution in [3.05, 3.63) is 41.5 Å². The zero-order valence-electron chi connectivity index (χ0n) is 14.4. The zero-order valence-corrected chi connectivity index (χ0v) is 14.4. The lowest BCUT2D eigenvalue weighted by molar-refractivity contribution is 0.0600. The minimum Gasteiger partial charge on any atom is -0.485 e. The number of hydrogen-bond acceptors (Lipinski definition) is 7. The number of carbonyl (C=O) groups is 1. The Bertz CT molecular complexity index is 695. The van der Waals surface area contributed by atoms with E-state index in [0.717, 1.165) is 31.8 Å². The summed E-state index contributed by atoms with van der Waals surface area (Å²) in [6.07, 6.45) is 4.29. The quantitative estimate of drug-likeness (QED) is 0.771. The van der Waals surface area contributed by atoms with Gasteiger partial charge in [-0.15, -0.1) is 0 Å². The van der Waals surface area contributed by atoms with Crippen LogP contribution in [0.1, 0.15) is 41.3 Å². The second-order valence-corrected chi connectivity index (χ2v) is 6.14. The van der Waals surface area contributed by atoms with E-state index >= 15 is 0 Å². The predicted molar refractivity (Wildman–Crippen MR) is 90.3 cm³/mol. The van der Waals surface area contributed by atoms with Crippen molar-refractivity contribution in [2.24, 2.45) is 5.92 Å². The first-order chi connectivity index (χ1) is 12.2. The van der Waals surface area contributed by atoms with Crippen LogP contribution in [0.2, 0.25) is 0 Å². The van der Waals surface area contributed by atoms with E-state index in [1.165, 1.54) is 20.0 Å². The molecule has 1 aliphatic heterocycles. The SMILES string of the molecule is COC(=O)c1cccc(OCc2noc(CCC3CCNCC3)n2)c1. The summed E-state index contributed by atoms with van der Waals surface area (Å²) >= 11 is 0. The summed E-state index contributed by atoms with van der Waals surface area (Å²) in [6, 6.07) is 6.81. The van der Waals surface area contributed by atoms with Gasteiger partial charge in [0.05, 0.1) is 12.7 Å². The number of hydrogen-bond donors (Lipinski definition) is 1. The molecule has 1 saturated heterocycles. The Morgan fingerprint density at radius 3 is 3.00 bits per heavy atom. The molecule has 2 heterocycles. The van der Waals surface area contributed by atoms with Gasteiger partial charge in [-0.25, -0.2) is 4.79 Å². The largest absolute Gasteiger partial charge is 0.485 e. The molecule has 0 radical (unpaired) electrons. The Kier molecular flexibility index (Phi) is 6.00. The van der Waals surface area contributed by atoms with Crippen molar-refractivity contribution < 1.29 is 18.8 Å². The molecule has 7 heteroatoms. The number of esters is 1. The van der Waals surface area contributed by atoms with Crippen LogP contribution in [0, 0.1) is 5.92 Å². The molecule has 3 rings (SSSR count). The summed E-state index contributed by atoms with van der Waals surface area (Å²) in [5.74, 6) is 2.05. The Hall–Kier alpha value is -2.41. The van der Waals surface area contributed by atoms with Gasteiger partial charge in [0.25, 0.3) is 0 Å². The number of nitrogens with one attached hydrogen (secondary N) is 1. The van der Waals surface area contributed by atoms with Crippen LogP contribution in [0.4, 0.5) is 0 Å². The highest BCUT2D eigenvalue weighted by Gasteiger charge is 2.15. The van der Waals surface area contributed by atoms with Gasteiger partial charge in [-0.2, -0.15) is 4.98 Å². The second-order valence-electron chi connectivity index (χ2n) is 6.14. The molecule has 134 valence electrons. The van der Waals surface area contributed by atoms with Gasteiger partial charge in [0, 0.05) is 6.42 Å². The number of aromatic nitrogens is 2. The molecule has 0 spiro atoms. The van der Waals surface area contributed by atoms with Gasteiger partial charge >= 0.3 is 5.97 Å². The highest BCUT2D eigenvalue weighted by Crippen LogP contribution is 2.19. The Labute approximate surface area is 146 Å². The smallest absolute Gasteiger partial charge is 0.337 e. The molecule has 0 amide bonds. The molecule has 1 aliphatic rings. The monoisotopic (exact) mass is 345 g/mol. The van der Waals surface area contributed by atoms with Gasteiger partial charge in [0.1, 0.15) is 5.75 Å². The van der Waals surface area contributed by atoms with Crippen molar-refractivity contribution in [1.29, 1.82) is 0 Å². The minimum atomic E-state index is -0.398. The van der Waals surface area contributed by atoms with E-state index in [1.807, 2.05) is 0 Å². The molecule has 2 aromatic rings. The van der Waals surface area contributed by atoms with Crippen molar-refractivity contribution in [3.63, 3.8) is 0 Å². The summed E-state index contributed by atoms with van der Waals surface area (Å²) in [7, 11) is 1.35. The Morgan fingerprint density at radius 1 is 1.36 bits per heavy atom. The maximum absolute atomic E-state index is 11.5. The first-order valence-corrected chi connectivity index (χ1v) is 8.58. The fourth-order valence-corrected chi connectivity index (χ4v) is 2.93. The summed E-state index contributed by atoms with van der Waals surface area (Å²) < 4.78 is 15.6. The fraction of sp³-hybridized carbons (Fsp3) is 0.500. The summed E-state index contributed by atoms with van der Waals surface area (Å²) in [4.78, 5) is 15.9. The number of piperidine rings is 1. The van der Waals surface area contributed by atoms with Crippen molar-refractivity contribution in [2.45, 2.75) is 32.3 Å². The van der Waals surface area contributed by atoms with Crippen LogP contribution in [0.3, 0.4) is 0 Å². The number of ether oxygens (including phenoxy) is 2. The van der Waals surface area contributed by atoms with Crippen molar-refractivity contribution in [2.75, 3.05) is 20.2 Å². The molecule has 1 N–H and O–H groups in total. The number of carbonyl (C=O) groups excluding carboxylic acids is 1. The van der Waals surface area contributed by atoms with E-state index in [4.69, 9.17) is 14.0 Å². The minimum absolute atomic E-state index is 0.196. The van der Waals surface area contributed by atoms with Crippen LogP contribution >= 0.6 is 0 Å². The maximum atomic E-state index is 11.5. The third kappa shape index (κ3) is 5.03. The predicted octanol–water partition coefficient (Wildman–Crippen LogP) is 2.37. The highest BCUT2D eigenvalue weighted by molar-refractivity contribution is 5.89. The zero-order chi connectivity index (χ0) is 17.5. The lowest BCUT2D eigenvalue weighted by Gasteiger charge is -2.21. The number of aryl methyl sites for hydroxylation is 1. The second kappa shape index (κ2) is 8.62. The molecule has 0 saturated carbocycles. The molecule has 7 nitrogen and oxygen atoms in total. The molecule has 1 aromatic carbocycles. The van der Waals surface area contributed by atoms with Crippen LogP contribution in [0.15, 0.2) is 28.8 Å². The van der Waals surface area contributed by atoms with E-state index in [-0.39, 0.29) is 6.61 Å². The molecular weight excluding hydrogens is 322 g/mol. The van der Waals surface area contributed by atoms with Gasteiger partial charge in [-0.3, -0.25) is 0 Å². The molecule has 0 bridgehead atoms. The molecule has 1 aromatic heterocycles. The van der Waals surface area contributed by atoms with E-state index in [1.54, 1.807) is 24.3 Å². The lowest BCUT2D eigenvalue weighted by Crippen LogP contribution is -2.27. The van der Waals surface area contributed by atoms with Crippen molar-refractivity contribution in [1.82, 2.24) is 15.5 Å². The first kappa shape index (κ1) is 17.4. The lowest BCUT2D eigenvalue weighted by atomic mass is 9.93. The third-order valence-electron chi connectivity index (χ3n) is 4.36. The number of rotatable bonds is 7. The van der Waals surface area contributed by atoms with E-state index in [9.17, 15) is 4.79 Å². The summed E-state index contributed by atoms with van der Waals surface area (Å²) in [5, 5.41) is 7.32. The van der Waals surface area contributed by atoms with Gasteiger partial charge < -0.3 is 19.3 Å². The average Bonchev–Trinajstić information content (AvgIpc) is 3.13. The highest BCUT2D eigenvalue weighted by atomic mass is 16.5. The van der Waals surface area contributed by atoms with Crippen molar-refractivity contribution >= 4 is 5.97 Å². The van der Waals surface area contributed by atoms with Gasteiger partial charge in [0.15, 0.2) is 6.61 Å². The number of methoxy groups -OCH3 is 1. The third-order valence-corrected chi connectivity index (χ3v) is 4.36. The average molecular weight is 345 g/mol. The molecule has 1 fully saturated rings. The van der Waals surface area contributed by atoms with Crippen LogP contribution in [-0.2, 0) is 17.8 Å². The number of nitrogens with zero attached hydrogens (tertiary/aromatic N) is 2. The fourth-order valence-electron chi connectivity index (χ4n) is 2.93. The molecule has 0 atom stereocenters. The van der Waals surface area contributed by atoms with Gasteiger partial charge in [0.2, 0.25) is 11.7 Å². The normalized spacial score (nSPS) is 15.1. The molecular formula is C18H23N3O4. The Morgan fingerprint density at radius 2 is 2.20 bits per heavy atom. The summed E-state index contributed by atoms with van der Waals surface area (Å²) in [6.45, 7) is 2.39. The molecule has 0 unspecified atom stereocenters. The van der Waals surface area contributed by atoms with Crippen LogP contribution in [0.25, 0.3) is 0 Å². The summed E-state index contributed by atoms with van der Waals surface area (Å²) in [5.41, 5.74) is 0.441. The van der Waals surface area contributed by atoms with E-state index in [0.29, 0.717) is 23.0 Å². The molecule has 25 heavy (non-hydrogen) atoms. The van der Waals surface area contributed by atoms with Crippen LogP contribution < -0.4 is 10.1 Å².